The zero-order valence-electron chi connectivity index (χ0n) is 11.6. The summed E-state index contributed by atoms with van der Waals surface area (Å²) in [6.45, 7) is 0.812. The Morgan fingerprint density at radius 3 is 2.74 bits per heavy atom. The summed E-state index contributed by atoms with van der Waals surface area (Å²) in [5.41, 5.74) is 7.03. The monoisotopic (exact) mass is 259 g/mol. The van der Waals surface area contributed by atoms with Crippen molar-refractivity contribution in [1.82, 2.24) is 9.88 Å². The maximum atomic E-state index is 8.97. The van der Waals surface area contributed by atoms with Crippen LogP contribution in [-0.2, 0) is 0 Å². The first-order valence-corrected chi connectivity index (χ1v) is 6.65. The van der Waals surface area contributed by atoms with Crippen LogP contribution in [0.15, 0.2) is 12.3 Å². The molecule has 1 saturated carbocycles. The zero-order valence-corrected chi connectivity index (χ0v) is 11.6. The van der Waals surface area contributed by atoms with E-state index in [2.05, 4.69) is 35.4 Å². The fourth-order valence-electron chi connectivity index (χ4n) is 2.78. The van der Waals surface area contributed by atoms with Crippen molar-refractivity contribution < 1.29 is 0 Å². The van der Waals surface area contributed by atoms with Gasteiger partial charge in [-0.05, 0) is 33.0 Å². The molecule has 0 bridgehead atoms. The van der Waals surface area contributed by atoms with E-state index < -0.39 is 0 Å². The molecule has 3 N–H and O–H groups in total. The van der Waals surface area contributed by atoms with Gasteiger partial charge in [0.15, 0.2) is 5.82 Å². The topological polar surface area (TPSA) is 78.0 Å². The molecule has 0 radical (unpaired) electrons. The van der Waals surface area contributed by atoms with Crippen LogP contribution in [0.3, 0.4) is 0 Å². The lowest BCUT2D eigenvalue weighted by Gasteiger charge is -2.36. The van der Waals surface area contributed by atoms with Crippen molar-refractivity contribution in [3.63, 3.8) is 0 Å². The summed E-state index contributed by atoms with van der Waals surface area (Å²) in [5.74, 6) is 0.618. The van der Waals surface area contributed by atoms with Crippen LogP contribution in [0.25, 0.3) is 0 Å². The predicted molar refractivity (Wildman–Crippen MR) is 76.7 cm³/mol. The number of nitrogens with one attached hydrogen (secondary N) is 1. The van der Waals surface area contributed by atoms with Gasteiger partial charge in [-0.1, -0.05) is 12.8 Å². The molecule has 1 aliphatic rings. The molecule has 102 valence electrons. The Kier molecular flexibility index (Phi) is 3.91. The number of likely N-dealkylation sites (N-methyl/N-ethyl adjacent to an activating group) is 1. The summed E-state index contributed by atoms with van der Waals surface area (Å²) in [5, 5.41) is 12.3. The first kappa shape index (κ1) is 13.6. The van der Waals surface area contributed by atoms with Crippen LogP contribution in [0.1, 0.15) is 31.2 Å². The summed E-state index contributed by atoms with van der Waals surface area (Å²) >= 11 is 0. The van der Waals surface area contributed by atoms with E-state index in [0.717, 1.165) is 6.54 Å². The fraction of sp³-hybridized carbons (Fsp3) is 0.571. The highest BCUT2D eigenvalue weighted by Crippen LogP contribution is 2.34. The van der Waals surface area contributed by atoms with E-state index in [1.807, 2.05) is 0 Å². The highest BCUT2D eigenvalue weighted by atomic mass is 15.2. The van der Waals surface area contributed by atoms with Crippen molar-refractivity contribution >= 4 is 11.5 Å². The van der Waals surface area contributed by atoms with E-state index in [1.54, 1.807) is 12.3 Å². The second-order valence-electron chi connectivity index (χ2n) is 5.41. The standard InChI is InChI=1S/C14H21N5/c1-19(2)14(6-3-4-7-14)10-18-13-12(16)11(9-15)5-8-17-13/h5,8H,3-4,6-7,10,16H2,1-2H3,(H,17,18). The smallest absolute Gasteiger partial charge is 0.150 e. The summed E-state index contributed by atoms with van der Waals surface area (Å²) in [6.07, 6.45) is 6.52. The molecule has 0 aromatic carbocycles. The van der Waals surface area contributed by atoms with E-state index in [4.69, 9.17) is 11.0 Å². The number of hydrogen-bond acceptors (Lipinski definition) is 5. The zero-order chi connectivity index (χ0) is 13.9. The van der Waals surface area contributed by atoms with Crippen molar-refractivity contribution in [2.24, 2.45) is 0 Å². The maximum Gasteiger partial charge on any atom is 0.150 e. The molecule has 0 spiro atoms. The van der Waals surface area contributed by atoms with Gasteiger partial charge in [-0.15, -0.1) is 0 Å². The van der Waals surface area contributed by atoms with Crippen molar-refractivity contribution in [2.45, 2.75) is 31.2 Å². The Hall–Kier alpha value is -1.80. The number of nitrogens with two attached hydrogens (primary N) is 1. The first-order chi connectivity index (χ1) is 9.09. The lowest BCUT2D eigenvalue weighted by molar-refractivity contribution is 0.172. The number of hydrogen-bond donors (Lipinski definition) is 2. The van der Waals surface area contributed by atoms with E-state index in [-0.39, 0.29) is 5.54 Å². The van der Waals surface area contributed by atoms with Gasteiger partial charge < -0.3 is 16.0 Å². The lowest BCUT2D eigenvalue weighted by atomic mass is 9.96. The molecular formula is C14H21N5. The molecule has 5 nitrogen and oxygen atoms in total. The molecule has 5 heteroatoms. The Bertz CT molecular complexity index is 483. The van der Waals surface area contributed by atoms with Gasteiger partial charge in [-0.3, -0.25) is 0 Å². The fourth-order valence-corrected chi connectivity index (χ4v) is 2.78. The number of nitrogen functional groups attached to an aromatic ring is 1. The molecule has 0 unspecified atom stereocenters. The molecule has 0 saturated heterocycles. The third-order valence-corrected chi connectivity index (χ3v) is 4.18. The highest BCUT2D eigenvalue weighted by Gasteiger charge is 2.35. The van der Waals surface area contributed by atoms with E-state index in [0.29, 0.717) is 17.1 Å². The first-order valence-electron chi connectivity index (χ1n) is 6.65. The molecule has 19 heavy (non-hydrogen) atoms. The number of aromatic nitrogens is 1. The third kappa shape index (κ3) is 2.64. The average molecular weight is 259 g/mol. The number of nitrogens with zero attached hydrogens (tertiary/aromatic N) is 3. The van der Waals surface area contributed by atoms with E-state index in [1.165, 1.54) is 25.7 Å². The Morgan fingerprint density at radius 2 is 2.16 bits per heavy atom. The van der Waals surface area contributed by atoms with E-state index >= 15 is 0 Å². The van der Waals surface area contributed by atoms with Gasteiger partial charge in [0.1, 0.15) is 6.07 Å². The van der Waals surface area contributed by atoms with Crippen LogP contribution < -0.4 is 11.1 Å². The normalized spacial score (nSPS) is 17.4. The molecular weight excluding hydrogens is 238 g/mol. The number of nitriles is 1. The number of rotatable bonds is 4. The van der Waals surface area contributed by atoms with Crippen LogP contribution in [0.2, 0.25) is 0 Å². The Labute approximate surface area is 114 Å². The quantitative estimate of drug-likeness (QED) is 0.862. The number of pyridine rings is 1. The van der Waals surface area contributed by atoms with Crippen LogP contribution >= 0.6 is 0 Å². The van der Waals surface area contributed by atoms with Crippen LogP contribution in [0.5, 0.6) is 0 Å². The average Bonchev–Trinajstić information content (AvgIpc) is 2.88. The molecule has 0 atom stereocenters. The highest BCUT2D eigenvalue weighted by molar-refractivity contribution is 5.68. The SMILES string of the molecule is CN(C)C1(CNc2nccc(C#N)c2N)CCCC1. The van der Waals surface area contributed by atoms with Gasteiger partial charge in [0.05, 0.1) is 11.3 Å². The largest absolute Gasteiger partial charge is 0.395 e. The molecule has 2 rings (SSSR count). The summed E-state index contributed by atoms with van der Waals surface area (Å²) in [4.78, 5) is 6.52. The predicted octanol–water partition coefficient (Wildman–Crippen LogP) is 1.82. The Morgan fingerprint density at radius 1 is 1.47 bits per heavy atom. The molecule has 1 aromatic heterocycles. The lowest BCUT2D eigenvalue weighted by Crippen LogP contribution is -2.47. The van der Waals surface area contributed by atoms with Crippen molar-refractivity contribution in [1.29, 1.82) is 5.26 Å². The minimum Gasteiger partial charge on any atom is -0.395 e. The van der Waals surface area contributed by atoms with Crippen molar-refractivity contribution in [2.75, 3.05) is 31.7 Å². The molecule has 1 heterocycles. The summed E-state index contributed by atoms with van der Waals surface area (Å²) < 4.78 is 0. The van der Waals surface area contributed by atoms with Gasteiger partial charge in [-0.25, -0.2) is 4.98 Å². The Balaban J connectivity index is 2.12. The van der Waals surface area contributed by atoms with Crippen LogP contribution in [-0.4, -0.2) is 36.1 Å². The van der Waals surface area contributed by atoms with E-state index in [9.17, 15) is 0 Å². The van der Waals surface area contributed by atoms with Gasteiger partial charge in [-0.2, -0.15) is 5.26 Å². The summed E-state index contributed by atoms with van der Waals surface area (Å²) in [6, 6.07) is 3.72. The van der Waals surface area contributed by atoms with Crippen LogP contribution in [0.4, 0.5) is 11.5 Å². The van der Waals surface area contributed by atoms with Gasteiger partial charge >= 0.3 is 0 Å². The second-order valence-corrected chi connectivity index (χ2v) is 5.41. The minimum atomic E-state index is 0.177. The maximum absolute atomic E-state index is 8.97. The molecule has 1 fully saturated rings. The second kappa shape index (κ2) is 5.45. The van der Waals surface area contributed by atoms with Gasteiger partial charge in [0.25, 0.3) is 0 Å². The van der Waals surface area contributed by atoms with Gasteiger partial charge in [0, 0.05) is 18.3 Å². The van der Waals surface area contributed by atoms with Crippen LogP contribution in [0, 0.1) is 11.3 Å². The van der Waals surface area contributed by atoms with Crippen molar-refractivity contribution in [3.05, 3.63) is 17.8 Å². The summed E-state index contributed by atoms with van der Waals surface area (Å²) in [7, 11) is 4.24. The van der Waals surface area contributed by atoms with Crippen molar-refractivity contribution in [3.8, 4) is 6.07 Å². The molecule has 1 aromatic rings. The molecule has 1 aliphatic carbocycles. The van der Waals surface area contributed by atoms with Gasteiger partial charge in [0.2, 0.25) is 0 Å². The minimum absolute atomic E-state index is 0.177. The molecule has 0 aliphatic heterocycles. The number of anilines is 2. The molecule has 0 amide bonds. The third-order valence-electron chi connectivity index (χ3n) is 4.18.